The van der Waals surface area contributed by atoms with E-state index in [-0.39, 0.29) is 0 Å². The van der Waals surface area contributed by atoms with Crippen molar-refractivity contribution in [3.05, 3.63) is 23.8 Å². The minimum Gasteiger partial charge on any atom is -0.398 e. The van der Waals surface area contributed by atoms with E-state index < -0.39 is 0 Å². The van der Waals surface area contributed by atoms with Crippen LogP contribution in [0, 0.1) is 11.3 Å². The first kappa shape index (κ1) is 8.42. The number of fused-ring (bicyclic) bond motifs is 1. The number of nitrogen functional groups attached to an aromatic ring is 1. The lowest BCUT2D eigenvalue weighted by Crippen LogP contribution is -1.82. The molecule has 2 rings (SSSR count). The molecule has 0 saturated carbocycles. The van der Waals surface area contributed by atoms with Gasteiger partial charge in [0, 0.05) is 11.1 Å². The Bertz CT molecular complexity index is 508. The second-order valence-corrected chi connectivity index (χ2v) is 4.39. The molecule has 0 atom stereocenters. The number of hydrogen-bond donors (Lipinski definition) is 2. The highest BCUT2D eigenvalue weighted by Gasteiger charge is 2.09. The topological polar surface area (TPSA) is 49.8 Å². The van der Waals surface area contributed by atoms with Crippen LogP contribution >= 0.6 is 24.0 Å². The number of nitrogens with zero attached hydrogens (tertiary/aromatic N) is 1. The van der Waals surface area contributed by atoms with Crippen molar-refractivity contribution in [1.29, 1.82) is 5.26 Å². The van der Waals surface area contributed by atoms with Crippen LogP contribution in [-0.4, -0.2) is 0 Å². The lowest BCUT2D eigenvalue weighted by molar-refractivity contribution is 1.49. The standard InChI is InChI=1S/C9H6N2S2/c10-4-6-5-2-1-3-7(11)8(5)13-9(6)12/h1-3,12H,11H2. The number of benzene rings is 1. The molecule has 13 heavy (non-hydrogen) atoms. The van der Waals surface area contributed by atoms with E-state index in [0.29, 0.717) is 11.3 Å². The fourth-order valence-electron chi connectivity index (χ4n) is 1.24. The van der Waals surface area contributed by atoms with E-state index in [2.05, 4.69) is 18.7 Å². The Morgan fingerprint density at radius 1 is 1.46 bits per heavy atom. The van der Waals surface area contributed by atoms with E-state index in [4.69, 9.17) is 11.0 Å². The summed E-state index contributed by atoms with van der Waals surface area (Å²) in [4.78, 5) is 0. The zero-order valence-corrected chi connectivity index (χ0v) is 8.32. The summed E-state index contributed by atoms with van der Waals surface area (Å²) < 4.78 is 1.68. The van der Waals surface area contributed by atoms with E-state index in [0.717, 1.165) is 14.3 Å². The predicted molar refractivity (Wildman–Crippen MR) is 58.2 cm³/mol. The number of thiophene rings is 1. The minimum atomic E-state index is 0.621. The van der Waals surface area contributed by atoms with E-state index in [9.17, 15) is 0 Å². The fraction of sp³-hybridized carbons (Fsp3) is 0. The zero-order valence-electron chi connectivity index (χ0n) is 6.61. The first-order valence-corrected chi connectivity index (χ1v) is 4.90. The molecule has 0 radical (unpaired) electrons. The van der Waals surface area contributed by atoms with Crippen LogP contribution < -0.4 is 5.73 Å². The lowest BCUT2D eigenvalue weighted by atomic mass is 10.2. The summed E-state index contributed by atoms with van der Waals surface area (Å²) in [6.45, 7) is 0. The van der Waals surface area contributed by atoms with E-state index in [1.807, 2.05) is 18.2 Å². The monoisotopic (exact) mass is 206 g/mol. The van der Waals surface area contributed by atoms with Crippen molar-refractivity contribution in [3.8, 4) is 6.07 Å². The Hall–Kier alpha value is -1.18. The van der Waals surface area contributed by atoms with Gasteiger partial charge in [-0.3, -0.25) is 0 Å². The van der Waals surface area contributed by atoms with Gasteiger partial charge in [0.05, 0.1) is 14.5 Å². The molecule has 2 N–H and O–H groups in total. The van der Waals surface area contributed by atoms with Gasteiger partial charge in [0.15, 0.2) is 0 Å². The van der Waals surface area contributed by atoms with Gasteiger partial charge in [-0.15, -0.1) is 24.0 Å². The number of rotatable bonds is 0. The molecule has 0 saturated heterocycles. The SMILES string of the molecule is N#Cc1c(S)sc2c(N)cccc12. The molecule has 1 heterocycles. The third-order valence-corrected chi connectivity index (χ3v) is 3.39. The molecule has 0 aliphatic rings. The van der Waals surface area contributed by atoms with E-state index >= 15 is 0 Å². The van der Waals surface area contributed by atoms with Crippen LogP contribution in [0.4, 0.5) is 5.69 Å². The average Bonchev–Trinajstić information content (AvgIpc) is 2.43. The molecule has 0 aliphatic carbocycles. The lowest BCUT2D eigenvalue weighted by Gasteiger charge is -1.93. The van der Waals surface area contributed by atoms with Gasteiger partial charge >= 0.3 is 0 Å². The predicted octanol–water partition coefficient (Wildman–Crippen LogP) is 2.64. The van der Waals surface area contributed by atoms with Gasteiger partial charge in [0.2, 0.25) is 0 Å². The van der Waals surface area contributed by atoms with Crippen molar-refractivity contribution < 1.29 is 0 Å². The largest absolute Gasteiger partial charge is 0.398 e. The second-order valence-electron chi connectivity index (χ2n) is 2.62. The number of nitriles is 1. The van der Waals surface area contributed by atoms with E-state index in [1.165, 1.54) is 11.3 Å². The molecule has 2 nitrogen and oxygen atoms in total. The van der Waals surface area contributed by atoms with Crippen molar-refractivity contribution >= 4 is 39.7 Å². The maximum Gasteiger partial charge on any atom is 0.102 e. The van der Waals surface area contributed by atoms with Gasteiger partial charge in [-0.25, -0.2) is 0 Å². The Morgan fingerprint density at radius 3 is 2.92 bits per heavy atom. The summed E-state index contributed by atoms with van der Waals surface area (Å²) in [5.41, 5.74) is 7.09. The number of hydrogen-bond acceptors (Lipinski definition) is 4. The highest BCUT2D eigenvalue weighted by molar-refractivity contribution is 7.83. The van der Waals surface area contributed by atoms with Gasteiger partial charge < -0.3 is 5.73 Å². The van der Waals surface area contributed by atoms with Crippen LogP contribution in [0.5, 0.6) is 0 Å². The van der Waals surface area contributed by atoms with Gasteiger partial charge in [-0.2, -0.15) is 5.26 Å². The molecule has 0 aliphatic heterocycles. The maximum atomic E-state index is 8.86. The fourth-order valence-corrected chi connectivity index (χ4v) is 2.60. The van der Waals surface area contributed by atoms with Crippen molar-refractivity contribution in [2.75, 3.05) is 5.73 Å². The molecular formula is C9H6N2S2. The molecule has 0 bridgehead atoms. The Balaban J connectivity index is 2.96. The third kappa shape index (κ3) is 1.17. The first-order chi connectivity index (χ1) is 6.24. The van der Waals surface area contributed by atoms with E-state index in [1.54, 1.807) is 0 Å². The van der Waals surface area contributed by atoms with Crippen LogP contribution in [0.2, 0.25) is 0 Å². The van der Waals surface area contributed by atoms with Gasteiger partial charge in [0.1, 0.15) is 6.07 Å². The van der Waals surface area contributed by atoms with Gasteiger partial charge in [-0.1, -0.05) is 12.1 Å². The number of anilines is 1. The van der Waals surface area contributed by atoms with Crippen molar-refractivity contribution in [2.24, 2.45) is 0 Å². The van der Waals surface area contributed by atoms with Crippen molar-refractivity contribution in [3.63, 3.8) is 0 Å². The van der Waals surface area contributed by atoms with Crippen LogP contribution in [0.15, 0.2) is 22.4 Å². The zero-order chi connectivity index (χ0) is 9.42. The van der Waals surface area contributed by atoms with Crippen LogP contribution in [0.3, 0.4) is 0 Å². The summed E-state index contributed by atoms with van der Waals surface area (Å²) in [6.07, 6.45) is 0. The third-order valence-electron chi connectivity index (χ3n) is 1.84. The second kappa shape index (κ2) is 2.95. The summed E-state index contributed by atoms with van der Waals surface area (Å²) >= 11 is 5.67. The van der Waals surface area contributed by atoms with Crippen molar-refractivity contribution in [2.45, 2.75) is 4.21 Å². The molecule has 4 heteroatoms. The Labute approximate surface area is 85.0 Å². The number of nitrogens with two attached hydrogens (primary N) is 1. The number of thiol groups is 1. The molecule has 0 unspecified atom stereocenters. The Kier molecular flexibility index (Phi) is 1.91. The summed E-state index contributed by atoms with van der Waals surface area (Å²) in [6, 6.07) is 7.69. The Morgan fingerprint density at radius 2 is 2.23 bits per heavy atom. The molecule has 0 fully saturated rings. The molecule has 1 aromatic heterocycles. The molecule has 1 aromatic carbocycles. The summed E-state index contributed by atoms with van der Waals surface area (Å²) in [7, 11) is 0. The molecule has 2 aromatic rings. The highest BCUT2D eigenvalue weighted by atomic mass is 32.2. The molecule has 0 amide bonds. The smallest absolute Gasteiger partial charge is 0.102 e. The normalized spacial score (nSPS) is 10.2. The maximum absolute atomic E-state index is 8.86. The first-order valence-electron chi connectivity index (χ1n) is 3.64. The van der Waals surface area contributed by atoms with Gasteiger partial charge in [0.25, 0.3) is 0 Å². The quantitative estimate of drug-likeness (QED) is 0.514. The average molecular weight is 206 g/mol. The van der Waals surface area contributed by atoms with Gasteiger partial charge in [-0.05, 0) is 6.07 Å². The molecular weight excluding hydrogens is 200 g/mol. The summed E-state index contributed by atoms with van der Waals surface area (Å²) in [5, 5.41) is 9.76. The van der Waals surface area contributed by atoms with Crippen molar-refractivity contribution in [1.82, 2.24) is 0 Å². The minimum absolute atomic E-state index is 0.621. The van der Waals surface area contributed by atoms with Crippen LogP contribution in [0.1, 0.15) is 5.56 Å². The van der Waals surface area contributed by atoms with Crippen LogP contribution in [-0.2, 0) is 0 Å². The molecule has 64 valence electrons. The summed E-state index contributed by atoms with van der Waals surface area (Å²) in [5.74, 6) is 0. The molecule has 0 spiro atoms. The highest BCUT2D eigenvalue weighted by Crippen LogP contribution is 2.36. The van der Waals surface area contributed by atoms with Crippen LogP contribution in [0.25, 0.3) is 10.1 Å².